The van der Waals surface area contributed by atoms with Gasteiger partial charge in [0.25, 0.3) is 11.8 Å². The van der Waals surface area contributed by atoms with Gasteiger partial charge in [0.05, 0.1) is 18.2 Å². The number of carbonyl (C=O) groups is 4. The van der Waals surface area contributed by atoms with Gasteiger partial charge < -0.3 is 4.74 Å². The molecule has 0 spiro atoms. The summed E-state index contributed by atoms with van der Waals surface area (Å²) in [6, 6.07) is 5.09. The molecule has 1 aliphatic rings. The van der Waals surface area contributed by atoms with Gasteiger partial charge in [0, 0.05) is 12.2 Å². The fraction of sp³-hybridized carbons (Fsp3) is 0.375. The molecule has 0 fully saturated rings. The van der Waals surface area contributed by atoms with Gasteiger partial charge in [0.2, 0.25) is 0 Å². The first-order valence-corrected chi connectivity index (χ1v) is 11.6. The third-order valence-corrected chi connectivity index (χ3v) is 5.23. The first-order chi connectivity index (χ1) is 11.2. The van der Waals surface area contributed by atoms with Crippen LogP contribution in [0.5, 0.6) is 0 Å². The molecular weight excluding hydrogens is 398 g/mol. The van der Waals surface area contributed by atoms with Crippen molar-refractivity contribution in [1.82, 2.24) is 4.90 Å². The summed E-state index contributed by atoms with van der Waals surface area (Å²) in [6.45, 7) is 0. The second-order valence-corrected chi connectivity index (χ2v) is 14.2. The van der Waals surface area contributed by atoms with E-state index in [9.17, 15) is 19.2 Å². The summed E-state index contributed by atoms with van der Waals surface area (Å²) in [5, 5.41) is 0. The van der Waals surface area contributed by atoms with Gasteiger partial charge in [-0.05, 0) is 39.5 Å². The van der Waals surface area contributed by atoms with Crippen molar-refractivity contribution in [3.63, 3.8) is 0 Å². The predicted molar refractivity (Wildman–Crippen MR) is 95.6 cm³/mol. The van der Waals surface area contributed by atoms with Crippen LogP contribution in [-0.2, 0) is 14.3 Å². The highest BCUT2D eigenvalue weighted by Crippen LogP contribution is 2.48. The fourth-order valence-corrected chi connectivity index (χ4v) is 4.21. The van der Waals surface area contributed by atoms with Crippen LogP contribution in [0.25, 0.3) is 0 Å². The molecular formula is C16H18BrNO5S. The summed E-state index contributed by atoms with van der Waals surface area (Å²) in [5.74, 6) is -1.91. The number of fused-ring (bicyclic) bond motifs is 1. The number of methoxy groups -OCH3 is 1. The van der Waals surface area contributed by atoms with E-state index in [1.165, 1.54) is 12.1 Å². The summed E-state index contributed by atoms with van der Waals surface area (Å²) in [4.78, 5) is 50.3. The van der Waals surface area contributed by atoms with Crippen LogP contribution >= 0.6 is 23.3 Å². The lowest BCUT2D eigenvalue weighted by atomic mass is 10.1. The molecule has 1 aliphatic heterocycles. The maximum Gasteiger partial charge on any atom is 0.329 e. The van der Waals surface area contributed by atoms with Crippen molar-refractivity contribution in [3.8, 4) is 0 Å². The van der Waals surface area contributed by atoms with Gasteiger partial charge in [-0.15, -0.1) is 0 Å². The molecule has 1 heterocycles. The van der Waals surface area contributed by atoms with Crippen LogP contribution in [-0.4, -0.2) is 59.9 Å². The number of hydrogen-bond acceptors (Lipinski definition) is 5. The molecule has 1 unspecified atom stereocenters. The molecule has 2 amide bonds. The summed E-state index contributed by atoms with van der Waals surface area (Å²) in [6.07, 6.45) is 3.56. The van der Waals surface area contributed by atoms with Gasteiger partial charge in [0.1, 0.15) is 11.8 Å². The number of carbonyl (C=O) groups excluding carboxylic acids is 4. The number of rotatable bonds is 6. The lowest BCUT2D eigenvalue weighted by molar-refractivity contribution is -0.146. The number of halogens is 1. The van der Waals surface area contributed by atoms with Crippen LogP contribution in [0.4, 0.5) is 0 Å². The van der Waals surface area contributed by atoms with Crippen molar-refractivity contribution < 1.29 is 23.9 Å². The SMILES string of the molecule is COC(=O)C(CC(=O)CS(C)(C)Br)N1C(=O)c2ccccc2C1=O. The van der Waals surface area contributed by atoms with Crippen LogP contribution in [0, 0.1) is 0 Å². The maximum absolute atomic E-state index is 12.5. The van der Waals surface area contributed by atoms with Gasteiger partial charge in [-0.1, -0.05) is 12.1 Å². The molecule has 0 aromatic heterocycles. The molecule has 1 aromatic rings. The standard InChI is InChI=1S/C16H18BrNO5S/c1-23-16(22)13(8-10(19)9-24(2,3)17)18-14(20)11-6-4-5-7-12(11)15(18)21/h4-7,13H,8-9H2,1-3H3. The van der Waals surface area contributed by atoms with Gasteiger partial charge in [-0.25, -0.2) is 4.79 Å². The zero-order valence-corrected chi connectivity index (χ0v) is 16.0. The third kappa shape index (κ3) is 3.87. The van der Waals surface area contributed by atoms with Crippen molar-refractivity contribution in [2.45, 2.75) is 12.5 Å². The van der Waals surface area contributed by atoms with Crippen molar-refractivity contribution in [2.75, 3.05) is 25.4 Å². The first kappa shape index (κ1) is 18.7. The summed E-state index contributed by atoms with van der Waals surface area (Å²) < 4.78 is 4.71. The Bertz CT molecular complexity index is 678. The van der Waals surface area contributed by atoms with E-state index >= 15 is 0 Å². The summed E-state index contributed by atoms with van der Waals surface area (Å²) in [5.41, 5.74) is 0.464. The highest BCUT2D eigenvalue weighted by atomic mass is 79.9. The number of esters is 1. The van der Waals surface area contributed by atoms with E-state index in [1.54, 1.807) is 12.1 Å². The number of benzene rings is 1. The molecule has 0 saturated heterocycles. The van der Waals surface area contributed by atoms with E-state index in [4.69, 9.17) is 4.74 Å². The Hall–Kier alpha value is -1.67. The zero-order valence-electron chi connectivity index (χ0n) is 13.6. The first-order valence-electron chi connectivity index (χ1n) is 7.13. The number of ketones is 1. The Morgan fingerprint density at radius 2 is 1.67 bits per heavy atom. The fourth-order valence-electron chi connectivity index (χ4n) is 2.56. The van der Waals surface area contributed by atoms with Crippen LogP contribution in [0.3, 0.4) is 0 Å². The lowest BCUT2D eigenvalue weighted by Gasteiger charge is -2.26. The molecule has 130 valence electrons. The Morgan fingerprint density at radius 1 is 1.17 bits per heavy atom. The predicted octanol–water partition coefficient (Wildman–Crippen LogP) is 2.16. The molecule has 2 rings (SSSR count). The number of imide groups is 1. The zero-order chi connectivity index (χ0) is 18.1. The number of Topliss-reactive ketones (excluding diaryl/α,β-unsaturated/α-hetero) is 1. The highest BCUT2D eigenvalue weighted by Gasteiger charge is 2.44. The molecule has 0 radical (unpaired) electrons. The van der Waals surface area contributed by atoms with Crippen LogP contribution in [0.1, 0.15) is 27.1 Å². The lowest BCUT2D eigenvalue weighted by Crippen LogP contribution is -2.46. The molecule has 0 N–H and O–H groups in total. The Kier molecular flexibility index (Phi) is 5.49. The van der Waals surface area contributed by atoms with E-state index in [2.05, 4.69) is 14.8 Å². The minimum absolute atomic E-state index is 0.209. The number of amides is 2. The average Bonchev–Trinajstić information content (AvgIpc) is 2.75. The monoisotopic (exact) mass is 415 g/mol. The molecule has 1 atom stereocenters. The van der Waals surface area contributed by atoms with Gasteiger partial charge >= 0.3 is 5.97 Å². The third-order valence-electron chi connectivity index (χ3n) is 3.54. The number of ether oxygens (including phenoxy) is 1. The number of hydrogen-bond donors (Lipinski definition) is 0. The van der Waals surface area contributed by atoms with Crippen molar-refractivity contribution in [3.05, 3.63) is 35.4 Å². The van der Waals surface area contributed by atoms with Gasteiger partial charge in [-0.3, -0.25) is 19.3 Å². The van der Waals surface area contributed by atoms with E-state index < -0.39 is 32.3 Å². The van der Waals surface area contributed by atoms with Crippen LogP contribution in [0.2, 0.25) is 0 Å². The minimum atomic E-state index is -1.28. The minimum Gasteiger partial charge on any atom is -0.467 e. The smallest absolute Gasteiger partial charge is 0.329 e. The Morgan fingerprint density at radius 3 is 2.08 bits per heavy atom. The van der Waals surface area contributed by atoms with Crippen LogP contribution in [0.15, 0.2) is 24.3 Å². The van der Waals surface area contributed by atoms with Crippen molar-refractivity contribution in [1.29, 1.82) is 0 Å². The molecule has 1 aromatic carbocycles. The van der Waals surface area contributed by atoms with Crippen LogP contribution < -0.4 is 0 Å². The molecule has 24 heavy (non-hydrogen) atoms. The van der Waals surface area contributed by atoms with Crippen molar-refractivity contribution >= 4 is 46.8 Å². The Balaban J connectivity index is 2.30. The highest BCUT2D eigenvalue weighted by molar-refractivity contribution is 9.58. The largest absolute Gasteiger partial charge is 0.467 e. The maximum atomic E-state index is 12.5. The number of nitrogens with zero attached hydrogens (tertiary/aromatic N) is 1. The van der Waals surface area contributed by atoms with E-state index in [0.717, 1.165) is 12.0 Å². The average molecular weight is 416 g/mol. The molecule has 0 bridgehead atoms. The van der Waals surface area contributed by atoms with E-state index in [0.29, 0.717) is 0 Å². The quantitative estimate of drug-likeness (QED) is 0.525. The second-order valence-electron chi connectivity index (χ2n) is 5.86. The van der Waals surface area contributed by atoms with Gasteiger partial charge in [-0.2, -0.15) is 8.46 Å². The van der Waals surface area contributed by atoms with Gasteiger partial charge in [0.15, 0.2) is 0 Å². The molecule has 8 heteroatoms. The Labute approximate surface area is 149 Å². The van der Waals surface area contributed by atoms with E-state index in [1.807, 2.05) is 12.5 Å². The molecule has 0 aliphatic carbocycles. The topological polar surface area (TPSA) is 80.8 Å². The molecule has 0 saturated carbocycles. The summed E-state index contributed by atoms with van der Waals surface area (Å²) >= 11 is 3.45. The second kappa shape index (κ2) is 7.06. The van der Waals surface area contributed by atoms with E-state index in [-0.39, 0.29) is 29.1 Å². The summed E-state index contributed by atoms with van der Waals surface area (Å²) in [7, 11) is -0.119. The normalized spacial score (nSPS) is 15.9. The van der Waals surface area contributed by atoms with Crippen molar-refractivity contribution in [2.24, 2.45) is 0 Å². The molecule has 6 nitrogen and oxygen atoms in total.